The lowest BCUT2D eigenvalue weighted by Gasteiger charge is -2.29. The molecule has 3 nitrogen and oxygen atoms in total. The molecule has 0 aromatic heterocycles. The van der Waals surface area contributed by atoms with E-state index in [9.17, 15) is 4.79 Å². The second-order valence-corrected chi connectivity index (χ2v) is 7.25. The van der Waals surface area contributed by atoms with Gasteiger partial charge in [0.05, 0.1) is 0 Å². The average Bonchev–Trinajstić information content (AvgIpc) is 3.41. The largest absolute Gasteiger partial charge is 0.337 e. The number of carbonyl (C=O) groups is 1. The maximum Gasteiger partial charge on any atom is 0.317 e. The molecule has 4 rings (SSSR count). The molecule has 1 fully saturated rings. The van der Waals surface area contributed by atoms with E-state index in [-0.39, 0.29) is 11.4 Å². The van der Waals surface area contributed by atoms with Crippen LogP contribution in [0.3, 0.4) is 0 Å². The van der Waals surface area contributed by atoms with Gasteiger partial charge in [0.25, 0.3) is 0 Å². The molecule has 1 saturated carbocycles. The number of aryl methyl sites for hydroxylation is 1. The van der Waals surface area contributed by atoms with Gasteiger partial charge in [0.15, 0.2) is 0 Å². The molecule has 2 aromatic rings. The molecule has 124 valence electrons. The molecular weight excluding hydrogens is 296 g/mol. The Morgan fingerprint density at radius 3 is 2.50 bits per heavy atom. The van der Waals surface area contributed by atoms with Crippen LogP contribution in [0.25, 0.3) is 0 Å². The number of hydrogen-bond donors (Lipinski definition) is 1. The second kappa shape index (κ2) is 5.97. The van der Waals surface area contributed by atoms with Gasteiger partial charge in [-0.3, -0.25) is 0 Å². The second-order valence-electron chi connectivity index (χ2n) is 7.25. The first kappa shape index (κ1) is 15.3. The average molecular weight is 320 g/mol. The third kappa shape index (κ3) is 2.91. The van der Waals surface area contributed by atoms with Crippen molar-refractivity contribution in [2.75, 3.05) is 13.1 Å². The fraction of sp³-hybridized carbons (Fsp3) is 0.381. The first-order valence-electron chi connectivity index (χ1n) is 8.83. The molecule has 2 amide bonds. The van der Waals surface area contributed by atoms with E-state index in [1.54, 1.807) is 0 Å². The highest BCUT2D eigenvalue weighted by atomic mass is 16.2. The van der Waals surface area contributed by atoms with Crippen molar-refractivity contribution in [3.8, 4) is 0 Å². The van der Waals surface area contributed by atoms with Crippen LogP contribution in [0.4, 0.5) is 4.79 Å². The number of carbonyl (C=O) groups excluding carboxylic acids is 1. The Labute approximate surface area is 143 Å². The normalized spacial score (nSPS) is 18.0. The van der Waals surface area contributed by atoms with Crippen molar-refractivity contribution in [3.63, 3.8) is 0 Å². The number of urea groups is 1. The molecule has 2 aliphatic rings. The fourth-order valence-corrected chi connectivity index (χ4v) is 3.65. The summed E-state index contributed by atoms with van der Waals surface area (Å²) in [6.07, 6.45) is 3.28. The van der Waals surface area contributed by atoms with Crippen LogP contribution >= 0.6 is 0 Å². The van der Waals surface area contributed by atoms with Crippen molar-refractivity contribution in [1.82, 2.24) is 10.2 Å². The Kier molecular flexibility index (Phi) is 3.79. The minimum absolute atomic E-state index is 0.0721. The monoisotopic (exact) mass is 320 g/mol. The Morgan fingerprint density at radius 1 is 1.08 bits per heavy atom. The zero-order valence-electron chi connectivity index (χ0n) is 14.2. The number of nitrogens with one attached hydrogen (secondary N) is 1. The molecule has 0 atom stereocenters. The van der Waals surface area contributed by atoms with Gasteiger partial charge < -0.3 is 10.2 Å². The Balaban J connectivity index is 1.38. The van der Waals surface area contributed by atoms with E-state index in [0.29, 0.717) is 0 Å². The van der Waals surface area contributed by atoms with Crippen LogP contribution in [0.2, 0.25) is 0 Å². The summed E-state index contributed by atoms with van der Waals surface area (Å²) >= 11 is 0. The Bertz CT molecular complexity index is 747. The smallest absolute Gasteiger partial charge is 0.317 e. The number of fused-ring (bicyclic) bond motifs is 1. The minimum atomic E-state index is 0.0721. The van der Waals surface area contributed by atoms with Crippen molar-refractivity contribution >= 4 is 6.03 Å². The molecule has 2 aromatic carbocycles. The summed E-state index contributed by atoms with van der Waals surface area (Å²) in [7, 11) is 0. The first-order chi connectivity index (χ1) is 11.7. The zero-order valence-corrected chi connectivity index (χ0v) is 14.2. The highest BCUT2D eigenvalue weighted by molar-refractivity contribution is 5.74. The van der Waals surface area contributed by atoms with Gasteiger partial charge in [-0.1, -0.05) is 54.1 Å². The summed E-state index contributed by atoms with van der Waals surface area (Å²) in [6.45, 7) is 4.38. The van der Waals surface area contributed by atoms with Gasteiger partial charge >= 0.3 is 6.03 Å². The van der Waals surface area contributed by atoms with E-state index >= 15 is 0 Å². The van der Waals surface area contributed by atoms with E-state index in [4.69, 9.17) is 0 Å². The maximum absolute atomic E-state index is 12.6. The van der Waals surface area contributed by atoms with Crippen molar-refractivity contribution in [2.45, 2.75) is 38.1 Å². The van der Waals surface area contributed by atoms with Crippen molar-refractivity contribution in [3.05, 3.63) is 70.8 Å². The Morgan fingerprint density at radius 2 is 1.79 bits per heavy atom. The van der Waals surface area contributed by atoms with Crippen molar-refractivity contribution < 1.29 is 4.79 Å². The number of hydrogen-bond acceptors (Lipinski definition) is 1. The van der Waals surface area contributed by atoms with Gasteiger partial charge in [0.1, 0.15) is 0 Å². The fourth-order valence-electron chi connectivity index (χ4n) is 3.65. The summed E-state index contributed by atoms with van der Waals surface area (Å²) in [6, 6.07) is 17.3. The molecule has 24 heavy (non-hydrogen) atoms. The lowest BCUT2D eigenvalue weighted by atomic mass is 9.95. The quantitative estimate of drug-likeness (QED) is 0.917. The summed E-state index contributed by atoms with van der Waals surface area (Å²) < 4.78 is 0. The van der Waals surface area contributed by atoms with E-state index in [1.807, 2.05) is 4.90 Å². The molecule has 1 aliphatic carbocycles. The van der Waals surface area contributed by atoms with Gasteiger partial charge in [0.2, 0.25) is 0 Å². The van der Waals surface area contributed by atoms with Crippen molar-refractivity contribution in [2.24, 2.45) is 0 Å². The summed E-state index contributed by atoms with van der Waals surface area (Å²) in [5.41, 5.74) is 5.46. The third-order valence-corrected chi connectivity index (χ3v) is 5.51. The molecular formula is C21H24N2O. The van der Waals surface area contributed by atoms with E-state index < -0.39 is 0 Å². The van der Waals surface area contributed by atoms with Crippen LogP contribution in [0.15, 0.2) is 48.5 Å². The van der Waals surface area contributed by atoms with Crippen LogP contribution in [0, 0.1) is 6.92 Å². The van der Waals surface area contributed by atoms with Gasteiger partial charge in [-0.2, -0.15) is 0 Å². The van der Waals surface area contributed by atoms with Gasteiger partial charge in [0, 0.05) is 25.0 Å². The standard InChI is InChI=1S/C21H24N2O/c1-16-6-8-19(9-7-16)21(11-12-21)15-22-20(24)23-13-10-17-4-2-3-5-18(17)14-23/h2-9H,10-15H2,1H3,(H,22,24). The third-order valence-electron chi connectivity index (χ3n) is 5.51. The molecule has 1 heterocycles. The molecule has 3 heteroatoms. The number of benzene rings is 2. The van der Waals surface area contributed by atoms with E-state index in [1.165, 1.54) is 35.1 Å². The first-order valence-corrected chi connectivity index (χ1v) is 8.83. The highest BCUT2D eigenvalue weighted by Gasteiger charge is 2.44. The van der Waals surface area contributed by atoms with E-state index in [2.05, 4.69) is 60.8 Å². The summed E-state index contributed by atoms with van der Waals surface area (Å²) in [5.74, 6) is 0. The molecule has 1 aliphatic heterocycles. The van der Waals surface area contributed by atoms with Crippen molar-refractivity contribution in [1.29, 1.82) is 0 Å². The lowest BCUT2D eigenvalue weighted by molar-refractivity contribution is 0.191. The molecule has 0 spiro atoms. The van der Waals surface area contributed by atoms with Crippen LogP contribution in [-0.2, 0) is 18.4 Å². The molecule has 0 bridgehead atoms. The molecule has 0 saturated heterocycles. The van der Waals surface area contributed by atoms with Gasteiger partial charge in [-0.15, -0.1) is 0 Å². The van der Waals surface area contributed by atoms with Crippen LogP contribution in [-0.4, -0.2) is 24.0 Å². The highest BCUT2D eigenvalue weighted by Crippen LogP contribution is 2.47. The minimum Gasteiger partial charge on any atom is -0.337 e. The number of nitrogens with zero attached hydrogens (tertiary/aromatic N) is 1. The molecule has 0 radical (unpaired) electrons. The maximum atomic E-state index is 12.6. The molecule has 0 unspecified atom stereocenters. The van der Waals surface area contributed by atoms with E-state index in [0.717, 1.165) is 26.1 Å². The SMILES string of the molecule is Cc1ccc(C2(CNC(=O)N3CCc4ccccc4C3)CC2)cc1. The predicted octanol–water partition coefficient (Wildman–Crippen LogP) is 3.79. The summed E-state index contributed by atoms with van der Waals surface area (Å²) in [5, 5.41) is 3.19. The Hall–Kier alpha value is -2.29. The lowest BCUT2D eigenvalue weighted by Crippen LogP contribution is -2.45. The van der Waals surface area contributed by atoms with Gasteiger partial charge in [-0.05, 0) is 42.9 Å². The van der Waals surface area contributed by atoms with Gasteiger partial charge in [-0.25, -0.2) is 4.79 Å². The molecule has 1 N–H and O–H groups in total. The van der Waals surface area contributed by atoms with Crippen LogP contribution in [0.5, 0.6) is 0 Å². The van der Waals surface area contributed by atoms with Crippen LogP contribution in [0.1, 0.15) is 35.1 Å². The predicted molar refractivity (Wildman–Crippen MR) is 96.0 cm³/mol. The number of amides is 2. The number of rotatable bonds is 3. The zero-order chi connectivity index (χ0) is 16.6. The van der Waals surface area contributed by atoms with Crippen LogP contribution < -0.4 is 5.32 Å². The summed E-state index contributed by atoms with van der Waals surface area (Å²) in [4.78, 5) is 14.5. The topological polar surface area (TPSA) is 32.3 Å².